The van der Waals surface area contributed by atoms with Crippen molar-refractivity contribution in [2.24, 2.45) is 0 Å². The smallest absolute Gasteiger partial charge is 0.259 e. The van der Waals surface area contributed by atoms with Crippen LogP contribution in [0.4, 0.5) is 5.69 Å². The minimum Gasteiger partial charge on any atom is -0.456 e. The van der Waals surface area contributed by atoms with Crippen LogP contribution >= 0.6 is 0 Å². The highest BCUT2D eigenvalue weighted by atomic mass is 16.3. The molecule has 156 valence electrons. The van der Waals surface area contributed by atoms with Gasteiger partial charge in [-0.15, -0.1) is 0 Å². The molecule has 32 heavy (non-hydrogen) atoms. The molecule has 4 aromatic rings. The van der Waals surface area contributed by atoms with Crippen LogP contribution in [0, 0.1) is 6.92 Å². The molecular weight excluding hydrogens is 408 g/mol. The summed E-state index contributed by atoms with van der Waals surface area (Å²) in [5.41, 5.74) is 3.29. The number of carbonyl (C=O) groups is 3. The SMILES string of the molecule is Cc1ccc2oc(-c3ccc(C(=O)Nc4ccc5c(c4)C(=O)NC5=O)cc3)cc(=O)c2c1. The average molecular weight is 424 g/mol. The van der Waals surface area contributed by atoms with Gasteiger partial charge in [-0.2, -0.15) is 0 Å². The van der Waals surface area contributed by atoms with E-state index in [1.54, 1.807) is 42.5 Å². The van der Waals surface area contributed by atoms with E-state index in [9.17, 15) is 19.2 Å². The zero-order valence-electron chi connectivity index (χ0n) is 16.9. The maximum absolute atomic E-state index is 12.6. The summed E-state index contributed by atoms with van der Waals surface area (Å²) in [6.45, 7) is 1.91. The standard InChI is InChI=1S/C25H16N2O5/c1-13-2-9-21-19(10-13)20(28)12-22(32-21)14-3-5-15(6-4-14)23(29)26-16-7-8-17-18(11-16)25(31)27-24(17)30/h2-12H,1H3,(H,26,29)(H,27,30,31). The summed E-state index contributed by atoms with van der Waals surface area (Å²) in [5, 5.41) is 5.45. The molecule has 0 saturated carbocycles. The second-order valence-corrected chi connectivity index (χ2v) is 7.55. The van der Waals surface area contributed by atoms with Crippen LogP contribution < -0.4 is 16.1 Å². The van der Waals surface area contributed by atoms with Gasteiger partial charge in [0.15, 0.2) is 5.43 Å². The summed E-state index contributed by atoms with van der Waals surface area (Å²) >= 11 is 0. The lowest BCUT2D eigenvalue weighted by atomic mass is 10.1. The first-order chi connectivity index (χ1) is 15.4. The third-order valence-corrected chi connectivity index (χ3v) is 5.31. The lowest BCUT2D eigenvalue weighted by Gasteiger charge is -2.08. The molecule has 0 radical (unpaired) electrons. The lowest BCUT2D eigenvalue weighted by molar-refractivity contribution is 0.0878. The van der Waals surface area contributed by atoms with Crippen molar-refractivity contribution in [3.05, 3.63) is 99.2 Å². The molecular formula is C25H16N2O5. The van der Waals surface area contributed by atoms with Crippen molar-refractivity contribution < 1.29 is 18.8 Å². The van der Waals surface area contributed by atoms with E-state index in [0.717, 1.165) is 5.56 Å². The molecule has 2 heterocycles. The highest BCUT2D eigenvalue weighted by Crippen LogP contribution is 2.24. The molecule has 1 aliphatic heterocycles. The van der Waals surface area contributed by atoms with E-state index in [1.165, 1.54) is 18.2 Å². The Labute approximate surface area is 181 Å². The molecule has 1 aliphatic rings. The van der Waals surface area contributed by atoms with E-state index >= 15 is 0 Å². The first-order valence-electron chi connectivity index (χ1n) is 9.85. The van der Waals surface area contributed by atoms with Gasteiger partial charge in [0.25, 0.3) is 17.7 Å². The molecule has 2 N–H and O–H groups in total. The molecule has 0 spiro atoms. The fraction of sp³-hybridized carbons (Fsp3) is 0.0400. The van der Waals surface area contributed by atoms with Crippen LogP contribution in [0.2, 0.25) is 0 Å². The van der Waals surface area contributed by atoms with Crippen LogP contribution in [-0.2, 0) is 0 Å². The van der Waals surface area contributed by atoms with Crippen LogP contribution in [0.5, 0.6) is 0 Å². The van der Waals surface area contributed by atoms with Crippen molar-refractivity contribution in [1.29, 1.82) is 0 Å². The quantitative estimate of drug-likeness (QED) is 0.485. The Kier molecular flexibility index (Phi) is 4.44. The molecule has 0 saturated heterocycles. The number of amides is 3. The van der Waals surface area contributed by atoms with Crippen molar-refractivity contribution in [2.45, 2.75) is 6.92 Å². The number of carbonyl (C=O) groups excluding carboxylic acids is 3. The van der Waals surface area contributed by atoms with Gasteiger partial charge in [0, 0.05) is 22.9 Å². The van der Waals surface area contributed by atoms with Crippen molar-refractivity contribution in [2.75, 3.05) is 5.32 Å². The maximum atomic E-state index is 12.6. The van der Waals surface area contributed by atoms with Crippen LogP contribution in [0.3, 0.4) is 0 Å². The Hall–Kier alpha value is -4.52. The molecule has 3 amide bonds. The second-order valence-electron chi connectivity index (χ2n) is 7.55. The van der Waals surface area contributed by atoms with Gasteiger partial charge in [-0.05, 0) is 49.4 Å². The molecule has 0 fully saturated rings. The number of rotatable bonds is 3. The average Bonchev–Trinajstić information content (AvgIpc) is 3.07. The van der Waals surface area contributed by atoms with Gasteiger partial charge in [0.1, 0.15) is 11.3 Å². The van der Waals surface area contributed by atoms with Gasteiger partial charge >= 0.3 is 0 Å². The number of hydrogen-bond acceptors (Lipinski definition) is 5. The number of anilines is 1. The Morgan fingerprint density at radius 1 is 0.844 bits per heavy atom. The maximum Gasteiger partial charge on any atom is 0.259 e. The number of aryl methyl sites for hydroxylation is 1. The Morgan fingerprint density at radius 2 is 1.59 bits per heavy atom. The van der Waals surface area contributed by atoms with Crippen molar-refractivity contribution in [1.82, 2.24) is 5.32 Å². The largest absolute Gasteiger partial charge is 0.456 e. The van der Waals surface area contributed by atoms with Crippen molar-refractivity contribution in [3.8, 4) is 11.3 Å². The van der Waals surface area contributed by atoms with Crippen LogP contribution in [0.15, 0.2) is 75.9 Å². The zero-order chi connectivity index (χ0) is 22.4. The van der Waals surface area contributed by atoms with Crippen LogP contribution in [0.25, 0.3) is 22.3 Å². The number of hydrogen-bond donors (Lipinski definition) is 2. The van der Waals surface area contributed by atoms with Gasteiger partial charge in [0.05, 0.1) is 16.5 Å². The Balaban J connectivity index is 1.39. The second kappa shape index (κ2) is 7.31. The van der Waals surface area contributed by atoms with Gasteiger partial charge in [-0.25, -0.2) is 0 Å². The highest BCUT2D eigenvalue weighted by molar-refractivity contribution is 6.22. The summed E-state index contributed by atoms with van der Waals surface area (Å²) in [4.78, 5) is 48.5. The number of imide groups is 1. The third-order valence-electron chi connectivity index (χ3n) is 5.31. The minimum absolute atomic E-state index is 0.133. The molecule has 7 nitrogen and oxygen atoms in total. The first kappa shape index (κ1) is 19.4. The van der Waals surface area contributed by atoms with Gasteiger partial charge < -0.3 is 9.73 Å². The van der Waals surface area contributed by atoms with E-state index in [0.29, 0.717) is 33.5 Å². The van der Waals surface area contributed by atoms with Crippen LogP contribution in [-0.4, -0.2) is 17.7 Å². The number of fused-ring (bicyclic) bond motifs is 2. The molecule has 0 aliphatic carbocycles. The van der Waals surface area contributed by atoms with E-state index in [4.69, 9.17) is 4.42 Å². The van der Waals surface area contributed by atoms with Gasteiger partial charge in [-0.1, -0.05) is 23.8 Å². The summed E-state index contributed by atoms with van der Waals surface area (Å²) in [7, 11) is 0. The normalized spacial score (nSPS) is 12.5. The van der Waals surface area contributed by atoms with E-state index < -0.39 is 11.8 Å². The molecule has 7 heteroatoms. The van der Waals surface area contributed by atoms with Crippen molar-refractivity contribution >= 4 is 34.4 Å². The topological polar surface area (TPSA) is 105 Å². The molecule has 0 unspecified atom stereocenters. The van der Waals surface area contributed by atoms with Crippen molar-refractivity contribution in [3.63, 3.8) is 0 Å². The Bertz CT molecular complexity index is 1500. The predicted octanol–water partition coefficient (Wildman–Crippen LogP) is 3.90. The molecule has 3 aromatic carbocycles. The first-order valence-corrected chi connectivity index (χ1v) is 9.85. The third kappa shape index (κ3) is 3.35. The number of nitrogens with one attached hydrogen (secondary N) is 2. The summed E-state index contributed by atoms with van der Waals surface area (Å²) < 4.78 is 5.88. The van der Waals surface area contributed by atoms with Gasteiger partial charge in [0.2, 0.25) is 0 Å². The highest BCUT2D eigenvalue weighted by Gasteiger charge is 2.26. The fourth-order valence-electron chi connectivity index (χ4n) is 3.65. The summed E-state index contributed by atoms with van der Waals surface area (Å²) in [5.74, 6) is -0.907. The molecule has 5 rings (SSSR count). The number of benzene rings is 3. The monoisotopic (exact) mass is 424 g/mol. The summed E-state index contributed by atoms with van der Waals surface area (Å²) in [6, 6.07) is 18.0. The molecule has 0 bridgehead atoms. The zero-order valence-corrected chi connectivity index (χ0v) is 16.9. The predicted molar refractivity (Wildman–Crippen MR) is 119 cm³/mol. The van der Waals surface area contributed by atoms with E-state index in [1.807, 2.05) is 13.0 Å². The summed E-state index contributed by atoms with van der Waals surface area (Å²) in [6.07, 6.45) is 0. The van der Waals surface area contributed by atoms with E-state index in [-0.39, 0.29) is 22.5 Å². The van der Waals surface area contributed by atoms with Crippen LogP contribution in [0.1, 0.15) is 36.6 Å². The van der Waals surface area contributed by atoms with Gasteiger partial charge in [-0.3, -0.25) is 24.5 Å². The lowest BCUT2D eigenvalue weighted by Crippen LogP contribution is -2.19. The molecule has 1 aromatic heterocycles. The minimum atomic E-state index is -0.488. The molecule has 0 atom stereocenters. The fourth-order valence-corrected chi connectivity index (χ4v) is 3.65. The Morgan fingerprint density at radius 3 is 2.38 bits per heavy atom. The van der Waals surface area contributed by atoms with E-state index in [2.05, 4.69) is 10.6 Å².